The summed E-state index contributed by atoms with van der Waals surface area (Å²) in [6.45, 7) is 0. The lowest BCUT2D eigenvalue weighted by atomic mass is 10.1. The fourth-order valence-electron chi connectivity index (χ4n) is 1.46. The van der Waals surface area contributed by atoms with E-state index in [0.717, 1.165) is 0 Å². The summed E-state index contributed by atoms with van der Waals surface area (Å²) in [6.07, 6.45) is 0. The van der Waals surface area contributed by atoms with Gasteiger partial charge in [-0.25, -0.2) is 4.98 Å². The molecule has 0 saturated heterocycles. The Kier molecular flexibility index (Phi) is 4.26. The molecule has 1 heterocycles. The van der Waals surface area contributed by atoms with Gasteiger partial charge in [-0.3, -0.25) is 10.1 Å². The van der Waals surface area contributed by atoms with Crippen LogP contribution in [0, 0.1) is 0 Å². The highest BCUT2D eigenvalue weighted by molar-refractivity contribution is 6.34. The number of amides is 1. The van der Waals surface area contributed by atoms with E-state index in [9.17, 15) is 4.79 Å². The highest BCUT2D eigenvalue weighted by Gasteiger charge is 2.14. The van der Waals surface area contributed by atoms with E-state index in [4.69, 9.17) is 33.7 Å². The number of nitrogens with one attached hydrogen (secondary N) is 1. The molecule has 2 rings (SSSR count). The SMILES string of the molecule is COc1cc(Cl)nc(NC(=O)c2cccc(Cl)c2N)n1. The first-order chi connectivity index (χ1) is 9.51. The van der Waals surface area contributed by atoms with Crippen molar-refractivity contribution in [3.63, 3.8) is 0 Å². The number of nitrogens with zero attached hydrogens (tertiary/aromatic N) is 2. The molecule has 0 saturated carbocycles. The fourth-order valence-corrected chi connectivity index (χ4v) is 1.81. The van der Waals surface area contributed by atoms with Gasteiger partial charge in [0.2, 0.25) is 11.8 Å². The number of carbonyl (C=O) groups is 1. The molecular formula is C12H10Cl2N4O2. The van der Waals surface area contributed by atoms with Crippen LogP contribution < -0.4 is 15.8 Å². The van der Waals surface area contributed by atoms with Crippen LogP contribution in [0.4, 0.5) is 11.6 Å². The zero-order chi connectivity index (χ0) is 14.7. The molecule has 0 radical (unpaired) electrons. The molecule has 0 fully saturated rings. The second-order valence-corrected chi connectivity index (χ2v) is 4.51. The Morgan fingerprint density at radius 3 is 2.80 bits per heavy atom. The number of anilines is 2. The van der Waals surface area contributed by atoms with Crippen molar-refractivity contribution in [1.82, 2.24) is 9.97 Å². The number of halogens is 2. The molecule has 1 aromatic heterocycles. The number of nitrogen functional groups attached to an aromatic ring is 1. The van der Waals surface area contributed by atoms with Crippen molar-refractivity contribution in [2.45, 2.75) is 0 Å². The molecule has 8 heteroatoms. The third kappa shape index (κ3) is 3.09. The molecule has 2 aromatic rings. The molecule has 20 heavy (non-hydrogen) atoms. The molecule has 0 aliphatic heterocycles. The number of benzene rings is 1. The minimum absolute atomic E-state index is 0.0127. The number of ether oxygens (including phenoxy) is 1. The van der Waals surface area contributed by atoms with Crippen molar-refractivity contribution in [2.24, 2.45) is 0 Å². The zero-order valence-electron chi connectivity index (χ0n) is 10.4. The number of rotatable bonds is 3. The average molecular weight is 313 g/mol. The smallest absolute Gasteiger partial charge is 0.260 e. The maximum atomic E-state index is 12.1. The van der Waals surface area contributed by atoms with Gasteiger partial charge in [0.05, 0.1) is 23.4 Å². The summed E-state index contributed by atoms with van der Waals surface area (Å²) in [7, 11) is 1.43. The Morgan fingerprint density at radius 2 is 2.10 bits per heavy atom. The lowest BCUT2D eigenvalue weighted by Gasteiger charge is -2.08. The van der Waals surface area contributed by atoms with Crippen LogP contribution in [0.2, 0.25) is 10.2 Å². The molecule has 1 aromatic carbocycles. The van der Waals surface area contributed by atoms with Gasteiger partial charge < -0.3 is 10.5 Å². The molecular weight excluding hydrogens is 303 g/mol. The molecule has 0 spiro atoms. The molecule has 3 N–H and O–H groups in total. The molecule has 6 nitrogen and oxygen atoms in total. The summed E-state index contributed by atoms with van der Waals surface area (Å²) in [5, 5.41) is 2.92. The van der Waals surface area contributed by atoms with Crippen LogP contribution in [0.1, 0.15) is 10.4 Å². The zero-order valence-corrected chi connectivity index (χ0v) is 11.9. The second-order valence-electron chi connectivity index (χ2n) is 3.71. The summed E-state index contributed by atoms with van der Waals surface area (Å²) in [4.78, 5) is 19.9. The van der Waals surface area contributed by atoms with Crippen molar-refractivity contribution in [3.8, 4) is 5.88 Å². The Hall–Kier alpha value is -2.05. The maximum absolute atomic E-state index is 12.1. The van der Waals surface area contributed by atoms with Crippen molar-refractivity contribution in [3.05, 3.63) is 40.0 Å². The van der Waals surface area contributed by atoms with Gasteiger partial charge in [0.25, 0.3) is 5.91 Å². The highest BCUT2D eigenvalue weighted by atomic mass is 35.5. The predicted molar refractivity (Wildman–Crippen MR) is 77.4 cm³/mol. The van der Waals surface area contributed by atoms with Crippen molar-refractivity contribution in [2.75, 3.05) is 18.2 Å². The summed E-state index contributed by atoms with van der Waals surface area (Å²) < 4.78 is 4.93. The first kappa shape index (κ1) is 14.4. The van der Waals surface area contributed by atoms with Crippen LogP contribution in [0.25, 0.3) is 0 Å². The number of aromatic nitrogens is 2. The van der Waals surface area contributed by atoms with Crippen LogP contribution in [0.3, 0.4) is 0 Å². The van der Waals surface area contributed by atoms with E-state index >= 15 is 0 Å². The normalized spacial score (nSPS) is 10.2. The minimum Gasteiger partial charge on any atom is -0.481 e. The van der Waals surface area contributed by atoms with Gasteiger partial charge >= 0.3 is 0 Å². The van der Waals surface area contributed by atoms with E-state index in [1.807, 2.05) is 0 Å². The molecule has 104 valence electrons. The van der Waals surface area contributed by atoms with Crippen LogP contribution in [-0.4, -0.2) is 23.0 Å². The van der Waals surface area contributed by atoms with Crippen LogP contribution in [-0.2, 0) is 0 Å². The Labute approximate surface area is 124 Å². The number of para-hydroxylation sites is 1. The number of nitrogens with two attached hydrogens (primary N) is 1. The third-order valence-electron chi connectivity index (χ3n) is 2.40. The van der Waals surface area contributed by atoms with Crippen molar-refractivity contribution in [1.29, 1.82) is 0 Å². The van der Waals surface area contributed by atoms with Gasteiger partial charge in [0.1, 0.15) is 5.15 Å². The number of hydrogen-bond donors (Lipinski definition) is 2. The monoisotopic (exact) mass is 312 g/mol. The average Bonchev–Trinajstić information content (AvgIpc) is 2.41. The molecule has 0 unspecified atom stereocenters. The number of carbonyl (C=O) groups excluding carboxylic acids is 1. The fraction of sp³-hybridized carbons (Fsp3) is 0.0833. The standard InChI is InChI=1S/C12H10Cl2N4O2/c1-20-9-5-8(14)16-12(17-9)18-11(19)6-3-2-4-7(13)10(6)15/h2-5H,15H2,1H3,(H,16,17,18,19). The number of methoxy groups -OCH3 is 1. The van der Waals surface area contributed by atoms with E-state index in [1.54, 1.807) is 18.2 Å². The van der Waals surface area contributed by atoms with Crippen molar-refractivity contribution >= 4 is 40.7 Å². The van der Waals surface area contributed by atoms with E-state index in [-0.39, 0.29) is 28.2 Å². The van der Waals surface area contributed by atoms with Gasteiger partial charge in [-0.05, 0) is 12.1 Å². The predicted octanol–water partition coefficient (Wildman–Crippen LogP) is 2.63. The van der Waals surface area contributed by atoms with Gasteiger partial charge in [-0.2, -0.15) is 4.98 Å². The summed E-state index contributed by atoms with van der Waals surface area (Å²) in [6, 6.07) is 6.17. The van der Waals surface area contributed by atoms with E-state index in [0.29, 0.717) is 5.02 Å². The van der Waals surface area contributed by atoms with Crippen LogP contribution >= 0.6 is 23.2 Å². The van der Waals surface area contributed by atoms with Gasteiger partial charge in [-0.15, -0.1) is 0 Å². The maximum Gasteiger partial charge on any atom is 0.260 e. The summed E-state index contributed by atoms with van der Waals surface area (Å²) in [5.74, 6) is -0.243. The Morgan fingerprint density at radius 1 is 1.35 bits per heavy atom. The highest BCUT2D eigenvalue weighted by Crippen LogP contribution is 2.23. The van der Waals surface area contributed by atoms with Gasteiger partial charge in [0, 0.05) is 6.07 Å². The van der Waals surface area contributed by atoms with Crippen LogP contribution in [0.15, 0.2) is 24.3 Å². The largest absolute Gasteiger partial charge is 0.481 e. The summed E-state index contributed by atoms with van der Waals surface area (Å²) >= 11 is 11.6. The lowest BCUT2D eigenvalue weighted by molar-refractivity contribution is 0.102. The second kappa shape index (κ2) is 5.94. The molecule has 0 atom stereocenters. The molecule has 1 amide bonds. The minimum atomic E-state index is -0.491. The van der Waals surface area contributed by atoms with Gasteiger partial charge in [-0.1, -0.05) is 29.3 Å². The van der Waals surface area contributed by atoms with Crippen LogP contribution in [0.5, 0.6) is 5.88 Å². The topological polar surface area (TPSA) is 90.1 Å². The summed E-state index contributed by atoms with van der Waals surface area (Å²) in [5.41, 5.74) is 6.14. The van der Waals surface area contributed by atoms with E-state index in [2.05, 4.69) is 15.3 Å². The molecule has 0 aliphatic rings. The Balaban J connectivity index is 2.28. The quantitative estimate of drug-likeness (QED) is 0.671. The van der Waals surface area contributed by atoms with E-state index in [1.165, 1.54) is 13.2 Å². The van der Waals surface area contributed by atoms with E-state index < -0.39 is 5.91 Å². The lowest BCUT2D eigenvalue weighted by Crippen LogP contribution is -2.16. The van der Waals surface area contributed by atoms with Crippen molar-refractivity contribution < 1.29 is 9.53 Å². The molecule has 0 aliphatic carbocycles. The number of hydrogen-bond acceptors (Lipinski definition) is 5. The Bertz CT molecular complexity index is 664. The van der Waals surface area contributed by atoms with Gasteiger partial charge in [0.15, 0.2) is 0 Å². The molecule has 0 bridgehead atoms. The third-order valence-corrected chi connectivity index (χ3v) is 2.93. The first-order valence-electron chi connectivity index (χ1n) is 5.45. The first-order valence-corrected chi connectivity index (χ1v) is 6.20.